The molecule has 1 aromatic heterocycles. The molecule has 0 aliphatic heterocycles. The SMILES string of the molecule is CN=C(NCc1cccc(NC(=O)CN(C)C)c1)NCC(C)(C)c1cccs1. The van der Waals surface area contributed by atoms with Gasteiger partial charge in [0.2, 0.25) is 5.91 Å². The summed E-state index contributed by atoms with van der Waals surface area (Å²) in [6, 6.07) is 12.1. The van der Waals surface area contributed by atoms with E-state index >= 15 is 0 Å². The van der Waals surface area contributed by atoms with Crippen LogP contribution in [0.3, 0.4) is 0 Å². The van der Waals surface area contributed by atoms with Crippen LogP contribution in [-0.4, -0.2) is 51.0 Å². The number of hydrogen-bond donors (Lipinski definition) is 3. The summed E-state index contributed by atoms with van der Waals surface area (Å²) < 4.78 is 0. The highest BCUT2D eigenvalue weighted by molar-refractivity contribution is 7.10. The summed E-state index contributed by atoms with van der Waals surface area (Å²) in [5.41, 5.74) is 1.90. The summed E-state index contributed by atoms with van der Waals surface area (Å²) in [5.74, 6) is 0.732. The van der Waals surface area contributed by atoms with Crippen LogP contribution in [0.5, 0.6) is 0 Å². The molecule has 0 aliphatic rings. The number of nitrogens with one attached hydrogen (secondary N) is 3. The maximum absolute atomic E-state index is 11.9. The molecular weight excluding hydrogens is 370 g/mol. The van der Waals surface area contributed by atoms with Gasteiger partial charge in [-0.25, -0.2) is 0 Å². The number of carbonyl (C=O) groups is 1. The van der Waals surface area contributed by atoms with Crippen molar-refractivity contribution in [2.45, 2.75) is 25.8 Å². The maximum Gasteiger partial charge on any atom is 0.238 e. The van der Waals surface area contributed by atoms with E-state index in [1.54, 1.807) is 18.4 Å². The average molecular weight is 402 g/mol. The molecule has 1 amide bonds. The number of carbonyl (C=O) groups excluding carboxylic acids is 1. The lowest BCUT2D eigenvalue weighted by atomic mass is 9.91. The van der Waals surface area contributed by atoms with E-state index in [9.17, 15) is 4.79 Å². The van der Waals surface area contributed by atoms with Crippen LogP contribution in [0.15, 0.2) is 46.8 Å². The number of likely N-dealkylation sites (N-methyl/N-ethyl adjacent to an activating group) is 1. The smallest absolute Gasteiger partial charge is 0.238 e. The molecule has 0 aliphatic carbocycles. The molecule has 0 atom stereocenters. The Kier molecular flexibility index (Phi) is 8.02. The third-order valence-corrected chi connectivity index (χ3v) is 5.48. The van der Waals surface area contributed by atoms with Gasteiger partial charge in [0.1, 0.15) is 0 Å². The van der Waals surface area contributed by atoms with Crippen molar-refractivity contribution in [2.75, 3.05) is 39.5 Å². The van der Waals surface area contributed by atoms with E-state index in [1.165, 1.54) is 4.88 Å². The number of rotatable bonds is 8. The molecule has 7 heteroatoms. The lowest BCUT2D eigenvalue weighted by molar-refractivity contribution is -0.116. The number of anilines is 1. The van der Waals surface area contributed by atoms with Gasteiger partial charge in [0.25, 0.3) is 0 Å². The summed E-state index contributed by atoms with van der Waals surface area (Å²) in [4.78, 5) is 19.4. The van der Waals surface area contributed by atoms with Gasteiger partial charge in [0.05, 0.1) is 6.54 Å². The first-order chi connectivity index (χ1) is 13.3. The van der Waals surface area contributed by atoms with E-state index in [0.717, 1.165) is 23.8 Å². The normalized spacial score (nSPS) is 12.1. The van der Waals surface area contributed by atoms with E-state index in [2.05, 4.69) is 52.3 Å². The fourth-order valence-electron chi connectivity index (χ4n) is 2.71. The van der Waals surface area contributed by atoms with Gasteiger partial charge in [-0.2, -0.15) is 0 Å². The summed E-state index contributed by atoms with van der Waals surface area (Å²) in [5, 5.41) is 11.8. The summed E-state index contributed by atoms with van der Waals surface area (Å²) in [6.45, 7) is 6.21. The topological polar surface area (TPSA) is 68.8 Å². The van der Waals surface area contributed by atoms with Gasteiger partial charge in [-0.3, -0.25) is 9.79 Å². The van der Waals surface area contributed by atoms with Crippen LogP contribution >= 0.6 is 11.3 Å². The molecule has 0 bridgehead atoms. The number of aliphatic imine (C=N–C) groups is 1. The first kappa shape index (κ1) is 21.9. The van der Waals surface area contributed by atoms with E-state index in [-0.39, 0.29) is 11.3 Å². The predicted octanol–water partition coefficient (Wildman–Crippen LogP) is 2.89. The molecule has 2 rings (SSSR count). The first-order valence-electron chi connectivity index (χ1n) is 9.32. The molecule has 0 saturated heterocycles. The summed E-state index contributed by atoms with van der Waals surface area (Å²) in [6.07, 6.45) is 0. The molecule has 0 radical (unpaired) electrons. The number of benzene rings is 1. The standard InChI is InChI=1S/C21H31N5OS/c1-21(2,18-10-7-11-28-18)15-24-20(22-3)23-13-16-8-6-9-17(12-16)25-19(27)14-26(4)5/h6-12H,13-15H2,1-5H3,(H,25,27)(H2,22,23,24). The zero-order valence-electron chi connectivity index (χ0n) is 17.4. The quantitative estimate of drug-likeness (QED) is 0.470. The highest BCUT2D eigenvalue weighted by Gasteiger charge is 2.21. The van der Waals surface area contributed by atoms with Crippen molar-refractivity contribution >= 4 is 28.9 Å². The molecule has 1 heterocycles. The Labute approximate surface area is 172 Å². The summed E-state index contributed by atoms with van der Waals surface area (Å²) in [7, 11) is 5.52. The van der Waals surface area contributed by atoms with Crippen LogP contribution in [0.4, 0.5) is 5.69 Å². The Morgan fingerprint density at radius 3 is 2.61 bits per heavy atom. The van der Waals surface area contributed by atoms with E-state index in [1.807, 2.05) is 43.3 Å². The van der Waals surface area contributed by atoms with Crippen LogP contribution in [0.1, 0.15) is 24.3 Å². The molecule has 2 aromatic rings. The van der Waals surface area contributed by atoms with Crippen molar-refractivity contribution < 1.29 is 4.79 Å². The maximum atomic E-state index is 11.9. The number of amides is 1. The van der Waals surface area contributed by atoms with Gasteiger partial charge in [-0.15, -0.1) is 11.3 Å². The van der Waals surface area contributed by atoms with Crippen molar-refractivity contribution in [2.24, 2.45) is 4.99 Å². The van der Waals surface area contributed by atoms with Gasteiger partial charge in [0.15, 0.2) is 5.96 Å². The molecule has 0 spiro atoms. The average Bonchev–Trinajstić information content (AvgIpc) is 3.17. The monoisotopic (exact) mass is 401 g/mol. The molecule has 28 heavy (non-hydrogen) atoms. The Morgan fingerprint density at radius 2 is 1.96 bits per heavy atom. The molecule has 0 unspecified atom stereocenters. The second kappa shape index (κ2) is 10.2. The second-order valence-corrected chi connectivity index (χ2v) is 8.57. The van der Waals surface area contributed by atoms with Gasteiger partial charge in [0, 0.05) is 36.1 Å². The van der Waals surface area contributed by atoms with Crippen molar-refractivity contribution in [3.05, 3.63) is 52.2 Å². The van der Waals surface area contributed by atoms with Crippen LogP contribution in [-0.2, 0) is 16.8 Å². The van der Waals surface area contributed by atoms with Crippen molar-refractivity contribution in [3.8, 4) is 0 Å². The molecule has 0 fully saturated rings. The molecular formula is C21H31N5OS. The lowest BCUT2D eigenvalue weighted by Crippen LogP contribution is -2.42. The van der Waals surface area contributed by atoms with E-state index < -0.39 is 0 Å². The largest absolute Gasteiger partial charge is 0.356 e. The Morgan fingerprint density at radius 1 is 1.18 bits per heavy atom. The predicted molar refractivity (Wildman–Crippen MR) is 119 cm³/mol. The van der Waals surface area contributed by atoms with Crippen molar-refractivity contribution in [1.82, 2.24) is 15.5 Å². The summed E-state index contributed by atoms with van der Waals surface area (Å²) >= 11 is 1.77. The van der Waals surface area contributed by atoms with Crippen molar-refractivity contribution in [3.63, 3.8) is 0 Å². The van der Waals surface area contributed by atoms with Gasteiger partial charge < -0.3 is 20.9 Å². The molecule has 1 aromatic carbocycles. The van der Waals surface area contributed by atoms with Crippen LogP contribution in [0.25, 0.3) is 0 Å². The fraction of sp³-hybridized carbons (Fsp3) is 0.429. The minimum absolute atomic E-state index is 0.0246. The number of guanidine groups is 1. The molecule has 152 valence electrons. The Balaban J connectivity index is 1.88. The van der Waals surface area contributed by atoms with Crippen LogP contribution in [0.2, 0.25) is 0 Å². The first-order valence-corrected chi connectivity index (χ1v) is 10.2. The highest BCUT2D eigenvalue weighted by atomic mass is 32.1. The number of hydrogen-bond acceptors (Lipinski definition) is 4. The van der Waals surface area contributed by atoms with E-state index in [4.69, 9.17) is 0 Å². The third kappa shape index (κ3) is 6.98. The minimum atomic E-state index is -0.0246. The Hall–Kier alpha value is -2.38. The number of nitrogens with zero attached hydrogens (tertiary/aromatic N) is 2. The lowest BCUT2D eigenvalue weighted by Gasteiger charge is -2.25. The zero-order chi connectivity index (χ0) is 20.6. The third-order valence-electron chi connectivity index (χ3n) is 4.24. The fourth-order valence-corrected chi connectivity index (χ4v) is 3.56. The van der Waals surface area contributed by atoms with Gasteiger partial charge >= 0.3 is 0 Å². The van der Waals surface area contributed by atoms with E-state index in [0.29, 0.717) is 13.1 Å². The molecule has 3 N–H and O–H groups in total. The number of thiophene rings is 1. The molecule has 0 saturated carbocycles. The highest BCUT2D eigenvalue weighted by Crippen LogP contribution is 2.26. The second-order valence-electron chi connectivity index (χ2n) is 7.63. The van der Waals surface area contributed by atoms with Crippen molar-refractivity contribution in [1.29, 1.82) is 0 Å². The zero-order valence-corrected chi connectivity index (χ0v) is 18.2. The molecule has 6 nitrogen and oxygen atoms in total. The minimum Gasteiger partial charge on any atom is -0.356 e. The van der Waals surface area contributed by atoms with Gasteiger partial charge in [-0.1, -0.05) is 32.0 Å². The Bertz CT molecular complexity index is 784. The van der Waals surface area contributed by atoms with Crippen LogP contribution in [0, 0.1) is 0 Å². The van der Waals surface area contributed by atoms with Crippen LogP contribution < -0.4 is 16.0 Å². The van der Waals surface area contributed by atoms with Gasteiger partial charge in [-0.05, 0) is 43.2 Å².